The first kappa shape index (κ1) is 13.5. The molecule has 2 N–H and O–H groups in total. The van der Waals surface area contributed by atoms with E-state index in [-0.39, 0.29) is 12.6 Å². The van der Waals surface area contributed by atoms with E-state index >= 15 is 0 Å². The first-order chi connectivity index (χ1) is 9.15. The van der Waals surface area contributed by atoms with Crippen molar-refractivity contribution in [3.8, 4) is 0 Å². The SMILES string of the molecule is C[C@H]1CCCC[C@@H]1NC(=O)NC(=O)Cn1ccnn1. The van der Waals surface area contributed by atoms with Crippen LogP contribution in [0.25, 0.3) is 0 Å². The summed E-state index contributed by atoms with van der Waals surface area (Å²) in [5, 5.41) is 12.4. The Balaban J connectivity index is 1.75. The van der Waals surface area contributed by atoms with Gasteiger partial charge in [0, 0.05) is 12.2 Å². The van der Waals surface area contributed by atoms with Gasteiger partial charge in [0.2, 0.25) is 5.91 Å². The number of nitrogens with one attached hydrogen (secondary N) is 2. The van der Waals surface area contributed by atoms with Gasteiger partial charge in [-0.25, -0.2) is 9.48 Å². The molecule has 1 aromatic heterocycles. The van der Waals surface area contributed by atoms with Gasteiger partial charge in [0.05, 0.1) is 6.20 Å². The lowest BCUT2D eigenvalue weighted by atomic mass is 9.86. The number of carbonyl (C=O) groups excluding carboxylic acids is 2. The smallest absolute Gasteiger partial charge is 0.321 e. The number of amides is 3. The Labute approximate surface area is 111 Å². The van der Waals surface area contributed by atoms with Gasteiger partial charge in [0.15, 0.2) is 0 Å². The van der Waals surface area contributed by atoms with Crippen molar-refractivity contribution >= 4 is 11.9 Å². The third kappa shape index (κ3) is 4.04. The minimum absolute atomic E-state index is 0.00631. The zero-order valence-electron chi connectivity index (χ0n) is 11.0. The van der Waals surface area contributed by atoms with E-state index in [9.17, 15) is 9.59 Å². The maximum atomic E-state index is 11.7. The van der Waals surface area contributed by atoms with Crippen molar-refractivity contribution in [3.63, 3.8) is 0 Å². The van der Waals surface area contributed by atoms with Crippen molar-refractivity contribution < 1.29 is 9.59 Å². The highest BCUT2D eigenvalue weighted by molar-refractivity contribution is 5.94. The van der Waals surface area contributed by atoms with Crippen LogP contribution in [-0.2, 0) is 11.3 Å². The van der Waals surface area contributed by atoms with E-state index in [4.69, 9.17) is 0 Å². The van der Waals surface area contributed by atoms with E-state index < -0.39 is 11.9 Å². The molecule has 3 amide bonds. The molecule has 1 aliphatic rings. The fourth-order valence-corrected chi connectivity index (χ4v) is 2.37. The van der Waals surface area contributed by atoms with Crippen LogP contribution in [0.2, 0.25) is 0 Å². The summed E-state index contributed by atoms with van der Waals surface area (Å²) in [5.74, 6) is 0.0661. The molecule has 0 aliphatic heterocycles. The summed E-state index contributed by atoms with van der Waals surface area (Å²) in [5.41, 5.74) is 0. The molecule has 1 heterocycles. The molecule has 7 heteroatoms. The normalized spacial score (nSPS) is 22.8. The predicted octanol–water partition coefficient (Wildman–Crippen LogP) is 0.683. The zero-order valence-corrected chi connectivity index (χ0v) is 11.0. The van der Waals surface area contributed by atoms with Crippen LogP contribution < -0.4 is 10.6 Å². The van der Waals surface area contributed by atoms with Gasteiger partial charge >= 0.3 is 6.03 Å². The molecule has 2 rings (SSSR count). The average Bonchev–Trinajstić information content (AvgIpc) is 2.84. The molecule has 0 spiro atoms. The lowest BCUT2D eigenvalue weighted by Crippen LogP contribution is -2.48. The molecule has 0 bridgehead atoms. The minimum atomic E-state index is -0.427. The minimum Gasteiger partial charge on any atom is -0.335 e. The van der Waals surface area contributed by atoms with Gasteiger partial charge in [-0.3, -0.25) is 10.1 Å². The topological polar surface area (TPSA) is 88.9 Å². The monoisotopic (exact) mass is 265 g/mol. The first-order valence-corrected chi connectivity index (χ1v) is 6.59. The summed E-state index contributed by atoms with van der Waals surface area (Å²) in [6.45, 7) is 2.12. The molecule has 7 nitrogen and oxygen atoms in total. The largest absolute Gasteiger partial charge is 0.335 e. The Hall–Kier alpha value is -1.92. The number of aromatic nitrogens is 3. The molecule has 19 heavy (non-hydrogen) atoms. The molecule has 1 fully saturated rings. The molecule has 1 aromatic rings. The van der Waals surface area contributed by atoms with E-state index in [1.165, 1.54) is 17.3 Å². The second-order valence-electron chi connectivity index (χ2n) is 4.99. The molecule has 104 valence electrons. The van der Waals surface area contributed by atoms with Crippen LogP contribution in [0.5, 0.6) is 0 Å². The van der Waals surface area contributed by atoms with Crippen molar-refractivity contribution in [3.05, 3.63) is 12.4 Å². The number of hydrogen-bond donors (Lipinski definition) is 2. The van der Waals surface area contributed by atoms with E-state index in [0.717, 1.165) is 19.3 Å². The third-order valence-electron chi connectivity index (χ3n) is 3.46. The predicted molar refractivity (Wildman–Crippen MR) is 68.1 cm³/mol. The van der Waals surface area contributed by atoms with Crippen molar-refractivity contribution in [1.82, 2.24) is 25.6 Å². The Morgan fingerprint density at radius 1 is 1.37 bits per heavy atom. The molecule has 0 unspecified atom stereocenters. The van der Waals surface area contributed by atoms with Crippen molar-refractivity contribution in [1.29, 1.82) is 0 Å². The van der Waals surface area contributed by atoms with Gasteiger partial charge in [-0.1, -0.05) is 25.0 Å². The summed E-state index contributed by atoms with van der Waals surface area (Å²) < 4.78 is 1.37. The van der Waals surface area contributed by atoms with Gasteiger partial charge in [-0.2, -0.15) is 0 Å². The maximum Gasteiger partial charge on any atom is 0.321 e. The van der Waals surface area contributed by atoms with Crippen LogP contribution in [0.3, 0.4) is 0 Å². The Kier molecular flexibility index (Phi) is 4.48. The maximum absolute atomic E-state index is 11.7. The zero-order chi connectivity index (χ0) is 13.7. The van der Waals surface area contributed by atoms with Crippen LogP contribution in [0.4, 0.5) is 4.79 Å². The fourth-order valence-electron chi connectivity index (χ4n) is 2.37. The molecule has 1 saturated carbocycles. The lowest BCUT2D eigenvalue weighted by Gasteiger charge is -2.29. The Morgan fingerprint density at radius 3 is 2.84 bits per heavy atom. The van der Waals surface area contributed by atoms with Crippen LogP contribution in [0, 0.1) is 5.92 Å². The van der Waals surface area contributed by atoms with Gasteiger partial charge in [-0.05, 0) is 18.8 Å². The first-order valence-electron chi connectivity index (χ1n) is 6.59. The van der Waals surface area contributed by atoms with Gasteiger partial charge < -0.3 is 5.32 Å². The fraction of sp³-hybridized carbons (Fsp3) is 0.667. The molecular formula is C12H19N5O2. The summed E-state index contributed by atoms with van der Waals surface area (Å²) >= 11 is 0. The lowest BCUT2D eigenvalue weighted by molar-refractivity contribution is -0.120. The quantitative estimate of drug-likeness (QED) is 0.841. The number of urea groups is 1. The second kappa shape index (κ2) is 6.31. The second-order valence-corrected chi connectivity index (χ2v) is 4.99. The number of rotatable bonds is 3. The summed E-state index contributed by atoms with van der Waals surface area (Å²) in [6, 6.07) is -0.267. The van der Waals surface area contributed by atoms with Gasteiger partial charge in [0.1, 0.15) is 6.54 Å². The summed E-state index contributed by atoms with van der Waals surface area (Å²) in [6.07, 6.45) is 7.50. The molecule has 0 saturated heterocycles. The summed E-state index contributed by atoms with van der Waals surface area (Å²) in [7, 11) is 0. The van der Waals surface area contributed by atoms with Crippen molar-refractivity contribution in [2.75, 3.05) is 0 Å². The highest BCUT2D eigenvalue weighted by Gasteiger charge is 2.23. The van der Waals surface area contributed by atoms with Crippen LogP contribution >= 0.6 is 0 Å². The number of hydrogen-bond acceptors (Lipinski definition) is 4. The van der Waals surface area contributed by atoms with Crippen LogP contribution in [0.15, 0.2) is 12.4 Å². The number of carbonyl (C=O) groups is 2. The highest BCUT2D eigenvalue weighted by Crippen LogP contribution is 2.23. The number of imide groups is 1. The van der Waals surface area contributed by atoms with E-state index in [2.05, 4.69) is 27.9 Å². The van der Waals surface area contributed by atoms with E-state index in [0.29, 0.717) is 5.92 Å². The molecule has 0 radical (unpaired) electrons. The Bertz CT molecular complexity index is 431. The van der Waals surface area contributed by atoms with Gasteiger partial charge in [0.25, 0.3) is 0 Å². The number of nitrogens with zero attached hydrogens (tertiary/aromatic N) is 3. The van der Waals surface area contributed by atoms with Crippen LogP contribution in [0.1, 0.15) is 32.6 Å². The Morgan fingerprint density at radius 2 is 2.16 bits per heavy atom. The molecule has 1 aliphatic carbocycles. The van der Waals surface area contributed by atoms with Crippen molar-refractivity contribution in [2.45, 2.75) is 45.2 Å². The van der Waals surface area contributed by atoms with E-state index in [1.54, 1.807) is 6.20 Å². The molecule has 2 atom stereocenters. The van der Waals surface area contributed by atoms with Gasteiger partial charge in [-0.15, -0.1) is 5.10 Å². The van der Waals surface area contributed by atoms with Crippen molar-refractivity contribution in [2.24, 2.45) is 5.92 Å². The third-order valence-corrected chi connectivity index (χ3v) is 3.46. The molecule has 0 aromatic carbocycles. The standard InChI is InChI=1S/C12H19N5O2/c1-9-4-2-3-5-10(9)14-12(19)15-11(18)8-17-7-6-13-16-17/h6-7,9-10H,2-5,8H2,1H3,(H2,14,15,18,19)/t9-,10-/m0/s1. The summed E-state index contributed by atoms with van der Waals surface area (Å²) in [4.78, 5) is 23.3. The molecular weight excluding hydrogens is 246 g/mol. The highest BCUT2D eigenvalue weighted by atomic mass is 16.2. The van der Waals surface area contributed by atoms with E-state index in [1.807, 2.05) is 0 Å². The van der Waals surface area contributed by atoms with Crippen LogP contribution in [-0.4, -0.2) is 33.0 Å². The average molecular weight is 265 g/mol.